The monoisotopic (exact) mass is 365 g/mol. The van der Waals surface area contributed by atoms with Gasteiger partial charge in [0.15, 0.2) is 0 Å². The molecule has 0 aliphatic rings. The highest BCUT2D eigenvalue weighted by Gasteiger charge is 2.34. The summed E-state index contributed by atoms with van der Waals surface area (Å²) in [5.41, 5.74) is -0.835. The first-order valence-electron chi connectivity index (χ1n) is 7.82. The number of anilines is 2. The minimum atomic E-state index is -4.63. The van der Waals surface area contributed by atoms with Crippen molar-refractivity contribution in [1.29, 1.82) is 0 Å². The topological polar surface area (TPSA) is 70.2 Å². The molecule has 0 aliphatic carbocycles. The van der Waals surface area contributed by atoms with Crippen LogP contribution in [0.5, 0.6) is 0 Å². The molecule has 138 valence electrons. The first-order chi connectivity index (χ1) is 12.2. The first kappa shape index (κ1) is 19.3. The zero-order chi connectivity index (χ0) is 19.3. The molecule has 0 heterocycles. The molecule has 8 heteroatoms. The second-order valence-electron chi connectivity index (χ2n) is 5.83. The van der Waals surface area contributed by atoms with E-state index in [1.807, 2.05) is 0 Å². The number of nitrogens with one attached hydrogen (secondary N) is 3. The number of hydrogen-bond donors (Lipinski definition) is 3. The molecule has 2 aromatic carbocycles. The van der Waals surface area contributed by atoms with Crippen molar-refractivity contribution in [2.24, 2.45) is 0 Å². The Labute approximate surface area is 148 Å². The highest BCUT2D eigenvalue weighted by atomic mass is 19.4. The number of amides is 3. The van der Waals surface area contributed by atoms with Crippen LogP contribution in [0.1, 0.15) is 29.8 Å². The fourth-order valence-corrected chi connectivity index (χ4v) is 2.23. The van der Waals surface area contributed by atoms with Crippen molar-refractivity contribution in [2.45, 2.75) is 26.1 Å². The molecule has 3 N–H and O–H groups in total. The molecule has 0 fully saturated rings. The van der Waals surface area contributed by atoms with Gasteiger partial charge in [-0.1, -0.05) is 18.2 Å². The minimum absolute atomic E-state index is 0.0586. The van der Waals surface area contributed by atoms with Gasteiger partial charge in [0.2, 0.25) is 0 Å². The molecule has 2 aromatic rings. The molecule has 5 nitrogen and oxygen atoms in total. The fourth-order valence-electron chi connectivity index (χ4n) is 2.23. The third kappa shape index (κ3) is 5.23. The number of urea groups is 1. The van der Waals surface area contributed by atoms with Crippen LogP contribution in [-0.2, 0) is 6.18 Å². The molecule has 2 rings (SSSR count). The van der Waals surface area contributed by atoms with Crippen molar-refractivity contribution in [2.75, 3.05) is 10.6 Å². The lowest BCUT2D eigenvalue weighted by Gasteiger charge is -2.14. The van der Waals surface area contributed by atoms with Gasteiger partial charge in [-0.25, -0.2) is 4.79 Å². The average molecular weight is 365 g/mol. The summed E-state index contributed by atoms with van der Waals surface area (Å²) in [5.74, 6) is -0.887. The maximum Gasteiger partial charge on any atom is 0.417 e. The second kappa shape index (κ2) is 7.90. The zero-order valence-electron chi connectivity index (χ0n) is 14.1. The largest absolute Gasteiger partial charge is 0.417 e. The van der Waals surface area contributed by atoms with Crippen molar-refractivity contribution in [3.63, 3.8) is 0 Å². The Morgan fingerprint density at radius 1 is 0.923 bits per heavy atom. The number of carbonyl (C=O) groups is 2. The van der Waals surface area contributed by atoms with Crippen LogP contribution in [0.25, 0.3) is 0 Å². The van der Waals surface area contributed by atoms with Crippen LogP contribution in [0.4, 0.5) is 29.3 Å². The van der Waals surface area contributed by atoms with Crippen LogP contribution >= 0.6 is 0 Å². The molecule has 0 unspecified atom stereocenters. The van der Waals surface area contributed by atoms with Crippen LogP contribution in [0.15, 0.2) is 48.5 Å². The molecule has 0 aromatic heterocycles. The van der Waals surface area contributed by atoms with E-state index in [9.17, 15) is 22.8 Å². The molecule has 3 amide bonds. The zero-order valence-corrected chi connectivity index (χ0v) is 14.1. The molecule has 0 atom stereocenters. The lowest BCUT2D eigenvalue weighted by molar-refractivity contribution is -0.137. The van der Waals surface area contributed by atoms with Crippen LogP contribution in [0.2, 0.25) is 0 Å². The quantitative estimate of drug-likeness (QED) is 0.747. The van der Waals surface area contributed by atoms with Gasteiger partial charge in [0.25, 0.3) is 5.91 Å². The number of hydrogen-bond acceptors (Lipinski definition) is 2. The van der Waals surface area contributed by atoms with Crippen molar-refractivity contribution in [3.8, 4) is 0 Å². The van der Waals surface area contributed by atoms with Crippen molar-refractivity contribution >= 4 is 23.3 Å². The molecule has 0 saturated heterocycles. The molecular weight excluding hydrogens is 347 g/mol. The van der Waals surface area contributed by atoms with Gasteiger partial charge in [-0.3, -0.25) is 4.79 Å². The van der Waals surface area contributed by atoms with E-state index in [-0.39, 0.29) is 11.7 Å². The minimum Gasteiger partial charge on any atom is -0.336 e. The van der Waals surface area contributed by atoms with E-state index >= 15 is 0 Å². The average Bonchev–Trinajstić information content (AvgIpc) is 2.53. The van der Waals surface area contributed by atoms with Crippen LogP contribution in [-0.4, -0.2) is 18.0 Å². The highest BCUT2D eigenvalue weighted by Crippen LogP contribution is 2.32. The third-order valence-corrected chi connectivity index (χ3v) is 3.28. The van der Waals surface area contributed by atoms with Gasteiger partial charge in [0.05, 0.1) is 11.1 Å². The summed E-state index contributed by atoms with van der Waals surface area (Å²) in [7, 11) is 0. The van der Waals surface area contributed by atoms with E-state index in [1.165, 1.54) is 24.3 Å². The Hall–Kier alpha value is -3.03. The summed E-state index contributed by atoms with van der Waals surface area (Å²) in [6.45, 7) is 3.60. The lowest BCUT2D eigenvalue weighted by atomic mass is 10.1. The summed E-state index contributed by atoms with van der Waals surface area (Å²) in [6, 6.07) is 10.2. The smallest absolute Gasteiger partial charge is 0.336 e. The van der Waals surface area contributed by atoms with E-state index in [4.69, 9.17) is 0 Å². The lowest BCUT2D eigenvalue weighted by Crippen LogP contribution is -2.34. The summed E-state index contributed by atoms with van der Waals surface area (Å²) in [4.78, 5) is 23.9. The van der Waals surface area contributed by atoms with E-state index in [0.29, 0.717) is 5.69 Å². The number of rotatable bonds is 4. The van der Waals surface area contributed by atoms with Gasteiger partial charge in [-0.2, -0.15) is 13.2 Å². The molecule has 0 spiro atoms. The standard InChI is InChI=1S/C18H18F3N3O2/c1-11(2)22-17(26)24-13-7-5-6-12(10-13)23-16(25)14-8-3-4-9-15(14)18(19,20)21/h3-11H,1-2H3,(H,23,25)(H2,22,24,26). The molecular formula is C18H18F3N3O2. The van der Waals surface area contributed by atoms with E-state index in [2.05, 4.69) is 16.0 Å². The van der Waals surface area contributed by atoms with Crippen molar-refractivity contribution in [1.82, 2.24) is 5.32 Å². The SMILES string of the molecule is CC(C)NC(=O)Nc1cccc(NC(=O)c2ccccc2C(F)(F)F)c1. The van der Waals surface area contributed by atoms with Gasteiger partial charge in [-0.05, 0) is 44.2 Å². The van der Waals surface area contributed by atoms with E-state index in [1.54, 1.807) is 26.0 Å². The van der Waals surface area contributed by atoms with Crippen molar-refractivity contribution in [3.05, 3.63) is 59.7 Å². The van der Waals surface area contributed by atoms with Crippen LogP contribution < -0.4 is 16.0 Å². The second-order valence-corrected chi connectivity index (χ2v) is 5.83. The maximum atomic E-state index is 13.0. The number of halogens is 3. The molecule has 0 radical (unpaired) electrons. The molecule has 0 aliphatic heterocycles. The third-order valence-electron chi connectivity index (χ3n) is 3.28. The summed E-state index contributed by atoms with van der Waals surface area (Å²) in [5, 5.41) is 7.63. The number of benzene rings is 2. The Bertz CT molecular complexity index is 804. The van der Waals surface area contributed by atoms with Gasteiger partial charge >= 0.3 is 12.2 Å². The van der Waals surface area contributed by atoms with Gasteiger partial charge < -0.3 is 16.0 Å². The summed E-state index contributed by atoms with van der Waals surface area (Å²) in [6.07, 6.45) is -4.63. The van der Waals surface area contributed by atoms with Crippen LogP contribution in [0, 0.1) is 0 Å². The fraction of sp³-hybridized carbons (Fsp3) is 0.222. The summed E-state index contributed by atoms with van der Waals surface area (Å²) >= 11 is 0. The Morgan fingerprint density at radius 2 is 1.54 bits per heavy atom. The van der Waals surface area contributed by atoms with E-state index < -0.39 is 29.2 Å². The Kier molecular flexibility index (Phi) is 5.86. The number of carbonyl (C=O) groups excluding carboxylic acids is 2. The highest BCUT2D eigenvalue weighted by molar-refractivity contribution is 6.05. The predicted octanol–water partition coefficient (Wildman–Crippen LogP) is 4.49. The molecule has 0 bridgehead atoms. The first-order valence-corrected chi connectivity index (χ1v) is 7.82. The summed E-state index contributed by atoms with van der Waals surface area (Å²) < 4.78 is 39.1. The Morgan fingerprint density at radius 3 is 2.15 bits per heavy atom. The van der Waals surface area contributed by atoms with Crippen LogP contribution in [0.3, 0.4) is 0 Å². The van der Waals surface area contributed by atoms with Gasteiger partial charge in [-0.15, -0.1) is 0 Å². The van der Waals surface area contributed by atoms with Gasteiger partial charge in [0, 0.05) is 17.4 Å². The Balaban J connectivity index is 2.16. The normalized spacial score (nSPS) is 11.2. The van der Waals surface area contributed by atoms with Crippen molar-refractivity contribution < 1.29 is 22.8 Å². The van der Waals surface area contributed by atoms with E-state index in [0.717, 1.165) is 12.1 Å². The molecule has 26 heavy (non-hydrogen) atoms. The van der Waals surface area contributed by atoms with Gasteiger partial charge in [0.1, 0.15) is 0 Å². The molecule has 0 saturated carbocycles. The number of alkyl halides is 3. The maximum absolute atomic E-state index is 13.0. The predicted molar refractivity (Wildman–Crippen MR) is 93.1 cm³/mol.